The predicted molar refractivity (Wildman–Crippen MR) is 103 cm³/mol. The third kappa shape index (κ3) is 4.33. The summed E-state index contributed by atoms with van der Waals surface area (Å²) in [6, 6.07) is 11.3. The first-order valence-electron chi connectivity index (χ1n) is 8.33. The molecule has 2 heterocycles. The van der Waals surface area contributed by atoms with Crippen LogP contribution in [0.3, 0.4) is 0 Å². The summed E-state index contributed by atoms with van der Waals surface area (Å²) < 4.78 is 7.12. The molecule has 0 atom stereocenters. The Morgan fingerprint density at radius 3 is 2.81 bits per heavy atom. The molecule has 3 rings (SSSR count). The van der Waals surface area contributed by atoms with Crippen molar-refractivity contribution in [3.05, 3.63) is 59.0 Å². The SMILES string of the molecule is COc1cc(Cl)cc(Nc2cc(CCCO)n(-c3ccnc(C)c3)n2)c1. The molecule has 0 saturated heterocycles. The summed E-state index contributed by atoms with van der Waals surface area (Å²) in [5.41, 5.74) is 3.64. The summed E-state index contributed by atoms with van der Waals surface area (Å²) in [4.78, 5) is 4.24. The van der Waals surface area contributed by atoms with E-state index >= 15 is 0 Å². The Bertz CT molecular complexity index is 895. The first-order valence-corrected chi connectivity index (χ1v) is 8.71. The molecule has 0 aliphatic rings. The van der Waals surface area contributed by atoms with Gasteiger partial charge in [0.1, 0.15) is 5.75 Å². The van der Waals surface area contributed by atoms with E-state index in [2.05, 4.69) is 15.4 Å². The normalized spacial score (nSPS) is 10.8. The maximum atomic E-state index is 9.18. The van der Waals surface area contributed by atoms with Crippen LogP contribution in [-0.4, -0.2) is 33.6 Å². The standard InChI is InChI=1S/C19H21ClN4O2/c1-13-8-17(5-6-21-13)24-16(4-3-7-25)12-19(23-24)22-15-9-14(20)10-18(11-15)26-2/h5-6,8-12,25H,3-4,7H2,1-2H3,(H,22,23). The zero-order chi connectivity index (χ0) is 18.5. The Balaban J connectivity index is 1.94. The molecule has 2 aromatic heterocycles. The number of halogens is 1. The number of aromatic nitrogens is 3. The van der Waals surface area contributed by atoms with E-state index in [0.29, 0.717) is 29.4 Å². The quantitative estimate of drug-likeness (QED) is 0.658. The molecule has 1 aromatic carbocycles. The first kappa shape index (κ1) is 18.2. The maximum absolute atomic E-state index is 9.18. The molecule has 26 heavy (non-hydrogen) atoms. The van der Waals surface area contributed by atoms with Crippen LogP contribution < -0.4 is 10.1 Å². The second-order valence-corrected chi connectivity index (χ2v) is 6.36. The molecule has 6 nitrogen and oxygen atoms in total. The molecule has 0 bridgehead atoms. The highest BCUT2D eigenvalue weighted by molar-refractivity contribution is 6.31. The van der Waals surface area contributed by atoms with Gasteiger partial charge in [-0.1, -0.05) is 11.6 Å². The summed E-state index contributed by atoms with van der Waals surface area (Å²) in [6.45, 7) is 2.08. The number of pyridine rings is 1. The predicted octanol–water partition coefficient (Wildman–Crippen LogP) is 3.91. The number of hydrogen-bond donors (Lipinski definition) is 2. The van der Waals surface area contributed by atoms with Gasteiger partial charge < -0.3 is 15.2 Å². The molecule has 0 saturated carbocycles. The maximum Gasteiger partial charge on any atom is 0.153 e. The average molecular weight is 373 g/mol. The van der Waals surface area contributed by atoms with Crippen LogP contribution in [0.2, 0.25) is 5.02 Å². The summed E-state index contributed by atoms with van der Waals surface area (Å²) in [5, 5.41) is 17.7. The zero-order valence-electron chi connectivity index (χ0n) is 14.7. The molecule has 0 spiro atoms. The lowest BCUT2D eigenvalue weighted by Crippen LogP contribution is -2.04. The average Bonchev–Trinajstić information content (AvgIpc) is 3.02. The number of anilines is 2. The Morgan fingerprint density at radius 2 is 2.08 bits per heavy atom. The third-order valence-corrected chi connectivity index (χ3v) is 4.10. The van der Waals surface area contributed by atoms with Crippen molar-refractivity contribution in [1.29, 1.82) is 0 Å². The van der Waals surface area contributed by atoms with Gasteiger partial charge in [0.2, 0.25) is 0 Å². The van der Waals surface area contributed by atoms with E-state index in [4.69, 9.17) is 16.3 Å². The van der Waals surface area contributed by atoms with Crippen molar-refractivity contribution in [2.45, 2.75) is 19.8 Å². The van der Waals surface area contributed by atoms with Crippen molar-refractivity contribution in [3.8, 4) is 11.4 Å². The van der Waals surface area contributed by atoms with Crippen molar-refractivity contribution >= 4 is 23.1 Å². The summed E-state index contributed by atoms with van der Waals surface area (Å²) in [5.74, 6) is 1.36. The van der Waals surface area contributed by atoms with Crippen LogP contribution >= 0.6 is 11.6 Å². The fraction of sp³-hybridized carbons (Fsp3) is 0.263. The highest BCUT2D eigenvalue weighted by Crippen LogP contribution is 2.27. The van der Waals surface area contributed by atoms with Crippen LogP contribution in [0.5, 0.6) is 5.75 Å². The van der Waals surface area contributed by atoms with Crippen LogP contribution in [-0.2, 0) is 6.42 Å². The van der Waals surface area contributed by atoms with Crippen LogP contribution in [0.4, 0.5) is 11.5 Å². The van der Waals surface area contributed by atoms with Gasteiger partial charge in [0, 0.05) is 47.0 Å². The Hall–Kier alpha value is -2.57. The minimum absolute atomic E-state index is 0.134. The molecule has 2 N–H and O–H groups in total. The summed E-state index contributed by atoms with van der Waals surface area (Å²) in [6.07, 6.45) is 3.14. The van der Waals surface area contributed by atoms with Gasteiger partial charge in [-0.3, -0.25) is 4.98 Å². The van der Waals surface area contributed by atoms with Crippen molar-refractivity contribution in [2.24, 2.45) is 0 Å². The van der Waals surface area contributed by atoms with Gasteiger partial charge in [-0.25, -0.2) is 4.68 Å². The van der Waals surface area contributed by atoms with Crippen molar-refractivity contribution in [1.82, 2.24) is 14.8 Å². The lowest BCUT2D eigenvalue weighted by atomic mass is 10.2. The van der Waals surface area contributed by atoms with E-state index in [1.165, 1.54) is 0 Å². The Labute approximate surface area is 157 Å². The first-order chi connectivity index (χ1) is 12.6. The number of methoxy groups -OCH3 is 1. The van der Waals surface area contributed by atoms with Crippen LogP contribution in [0, 0.1) is 6.92 Å². The van der Waals surface area contributed by atoms with Gasteiger partial charge in [-0.05, 0) is 44.0 Å². The van der Waals surface area contributed by atoms with Crippen molar-refractivity contribution in [2.75, 3.05) is 19.0 Å². The van der Waals surface area contributed by atoms with Gasteiger partial charge in [0.15, 0.2) is 5.82 Å². The third-order valence-electron chi connectivity index (χ3n) is 3.88. The largest absolute Gasteiger partial charge is 0.497 e. The second kappa shape index (κ2) is 8.21. The molecule has 0 radical (unpaired) electrons. The van der Waals surface area contributed by atoms with Crippen LogP contribution in [0.15, 0.2) is 42.6 Å². The molecule has 0 aliphatic heterocycles. The van der Waals surface area contributed by atoms with Crippen molar-refractivity contribution in [3.63, 3.8) is 0 Å². The number of ether oxygens (including phenoxy) is 1. The van der Waals surface area contributed by atoms with Crippen LogP contribution in [0.25, 0.3) is 5.69 Å². The van der Waals surface area contributed by atoms with E-state index in [-0.39, 0.29) is 6.61 Å². The Kier molecular flexibility index (Phi) is 5.75. The lowest BCUT2D eigenvalue weighted by molar-refractivity contribution is 0.287. The fourth-order valence-electron chi connectivity index (χ4n) is 2.71. The fourth-order valence-corrected chi connectivity index (χ4v) is 2.93. The smallest absolute Gasteiger partial charge is 0.153 e. The molecule has 0 fully saturated rings. The number of benzene rings is 1. The molecule has 0 aliphatic carbocycles. The number of aryl methyl sites for hydroxylation is 2. The van der Waals surface area contributed by atoms with Gasteiger partial charge in [-0.15, -0.1) is 5.10 Å². The Morgan fingerprint density at radius 1 is 1.23 bits per heavy atom. The van der Waals surface area contributed by atoms with E-state index in [1.54, 1.807) is 19.4 Å². The number of nitrogens with one attached hydrogen (secondary N) is 1. The van der Waals surface area contributed by atoms with Crippen molar-refractivity contribution < 1.29 is 9.84 Å². The van der Waals surface area contributed by atoms with Gasteiger partial charge in [0.25, 0.3) is 0 Å². The van der Waals surface area contributed by atoms with E-state index in [1.807, 2.05) is 41.9 Å². The van der Waals surface area contributed by atoms with Gasteiger partial charge >= 0.3 is 0 Å². The number of nitrogens with zero attached hydrogens (tertiary/aromatic N) is 3. The molecular formula is C19H21ClN4O2. The monoisotopic (exact) mass is 372 g/mol. The van der Waals surface area contributed by atoms with E-state index in [0.717, 1.165) is 22.8 Å². The summed E-state index contributed by atoms with van der Waals surface area (Å²) in [7, 11) is 1.60. The second-order valence-electron chi connectivity index (χ2n) is 5.92. The van der Waals surface area contributed by atoms with Crippen LogP contribution in [0.1, 0.15) is 17.8 Å². The summed E-state index contributed by atoms with van der Waals surface area (Å²) >= 11 is 6.13. The molecular weight excluding hydrogens is 352 g/mol. The highest BCUT2D eigenvalue weighted by Gasteiger charge is 2.11. The highest BCUT2D eigenvalue weighted by atomic mass is 35.5. The number of aliphatic hydroxyl groups excluding tert-OH is 1. The zero-order valence-corrected chi connectivity index (χ0v) is 15.5. The molecule has 7 heteroatoms. The van der Waals surface area contributed by atoms with E-state index < -0.39 is 0 Å². The molecule has 136 valence electrons. The topological polar surface area (TPSA) is 72.2 Å². The molecule has 0 unspecified atom stereocenters. The number of hydrogen-bond acceptors (Lipinski definition) is 5. The van der Waals surface area contributed by atoms with Gasteiger partial charge in [-0.2, -0.15) is 0 Å². The minimum Gasteiger partial charge on any atom is -0.497 e. The van der Waals surface area contributed by atoms with E-state index in [9.17, 15) is 5.11 Å². The molecule has 0 amide bonds. The lowest BCUT2D eigenvalue weighted by Gasteiger charge is -2.08. The van der Waals surface area contributed by atoms with Gasteiger partial charge in [0.05, 0.1) is 12.8 Å². The number of rotatable bonds is 7. The minimum atomic E-state index is 0.134. The molecule has 3 aromatic rings. The number of aliphatic hydroxyl groups is 1.